The third-order valence-corrected chi connectivity index (χ3v) is 10.0. The van der Waals surface area contributed by atoms with Gasteiger partial charge in [0.05, 0.1) is 0 Å². The van der Waals surface area contributed by atoms with Crippen LogP contribution in [-0.4, -0.2) is 5.75 Å². The molecule has 0 radical (unpaired) electrons. The van der Waals surface area contributed by atoms with Gasteiger partial charge in [0.2, 0.25) is 0 Å². The van der Waals surface area contributed by atoms with Gasteiger partial charge in [-0.1, -0.05) is 41.0 Å². The molecule has 4 aliphatic rings. The van der Waals surface area contributed by atoms with Crippen LogP contribution in [-0.2, 0) is 0 Å². The van der Waals surface area contributed by atoms with Crippen molar-refractivity contribution in [2.75, 3.05) is 5.75 Å². The third kappa shape index (κ3) is 1.03. The number of rotatable bonds is 3. The van der Waals surface area contributed by atoms with Crippen LogP contribution in [0.2, 0.25) is 0 Å². The third-order valence-electron chi connectivity index (χ3n) is 9.56. The molecule has 0 aliphatic heterocycles. The zero-order valence-corrected chi connectivity index (χ0v) is 14.9. The SMILES string of the molecule is CCCC1(C)CC23CC4(CC(CS)C4C)C2C(C)C13C. The van der Waals surface area contributed by atoms with E-state index in [2.05, 4.69) is 47.2 Å². The highest BCUT2D eigenvalue weighted by Gasteiger charge is 2.90. The molecule has 2 spiro atoms. The van der Waals surface area contributed by atoms with Crippen molar-refractivity contribution in [2.24, 2.45) is 45.3 Å². The predicted octanol–water partition coefficient (Wildman–Crippen LogP) is 5.43. The molecule has 0 N–H and O–H groups in total. The second-order valence-electron chi connectivity index (χ2n) is 9.46. The monoisotopic (exact) mass is 292 g/mol. The molecule has 8 unspecified atom stereocenters. The molecule has 0 bridgehead atoms. The predicted molar refractivity (Wildman–Crippen MR) is 89.0 cm³/mol. The lowest BCUT2D eigenvalue weighted by molar-refractivity contribution is -0.472. The molecule has 8 atom stereocenters. The molecular weight excluding hydrogens is 260 g/mol. The van der Waals surface area contributed by atoms with Gasteiger partial charge in [0.25, 0.3) is 0 Å². The van der Waals surface area contributed by atoms with E-state index < -0.39 is 0 Å². The molecular formula is C19H32S. The van der Waals surface area contributed by atoms with Crippen LogP contribution in [0.15, 0.2) is 0 Å². The Hall–Kier alpha value is 0.350. The van der Waals surface area contributed by atoms with Crippen molar-refractivity contribution in [3.63, 3.8) is 0 Å². The van der Waals surface area contributed by atoms with Crippen LogP contribution in [0.5, 0.6) is 0 Å². The van der Waals surface area contributed by atoms with Gasteiger partial charge >= 0.3 is 0 Å². The van der Waals surface area contributed by atoms with Gasteiger partial charge in [-0.25, -0.2) is 0 Å². The molecule has 1 heteroatoms. The van der Waals surface area contributed by atoms with E-state index in [1.54, 1.807) is 12.8 Å². The molecule has 0 aromatic carbocycles. The zero-order valence-electron chi connectivity index (χ0n) is 14.0. The van der Waals surface area contributed by atoms with Crippen molar-refractivity contribution in [3.8, 4) is 0 Å². The molecule has 0 amide bonds. The van der Waals surface area contributed by atoms with E-state index in [0.29, 0.717) is 10.8 Å². The van der Waals surface area contributed by atoms with Crippen LogP contribution >= 0.6 is 12.6 Å². The maximum absolute atomic E-state index is 4.56. The fraction of sp³-hybridized carbons (Fsp3) is 1.00. The Morgan fingerprint density at radius 3 is 2.30 bits per heavy atom. The van der Waals surface area contributed by atoms with E-state index in [4.69, 9.17) is 0 Å². The first-order chi connectivity index (χ1) is 9.33. The molecule has 4 rings (SSSR count). The minimum atomic E-state index is 0.648. The van der Waals surface area contributed by atoms with Gasteiger partial charge in [0, 0.05) is 0 Å². The molecule has 0 saturated heterocycles. The van der Waals surface area contributed by atoms with E-state index in [1.807, 2.05) is 0 Å². The summed E-state index contributed by atoms with van der Waals surface area (Å²) < 4.78 is 0. The Morgan fingerprint density at radius 1 is 1.10 bits per heavy atom. The van der Waals surface area contributed by atoms with E-state index in [-0.39, 0.29) is 0 Å². The van der Waals surface area contributed by atoms with E-state index >= 15 is 0 Å². The highest BCUT2D eigenvalue weighted by Crippen LogP contribution is 2.96. The fourth-order valence-corrected chi connectivity index (χ4v) is 9.05. The van der Waals surface area contributed by atoms with Gasteiger partial charge in [-0.2, -0.15) is 12.6 Å². The average molecular weight is 293 g/mol. The van der Waals surface area contributed by atoms with Crippen molar-refractivity contribution >= 4 is 12.6 Å². The Balaban J connectivity index is 1.58. The summed E-state index contributed by atoms with van der Waals surface area (Å²) in [5.74, 6) is 5.00. The first-order valence-corrected chi connectivity index (χ1v) is 9.57. The van der Waals surface area contributed by atoms with Gasteiger partial charge in [-0.15, -0.1) is 0 Å². The smallest absolute Gasteiger partial charge is 0.00665 e. The van der Waals surface area contributed by atoms with Crippen LogP contribution in [0.25, 0.3) is 0 Å². The molecule has 4 fully saturated rings. The molecule has 0 aromatic heterocycles. The van der Waals surface area contributed by atoms with Crippen LogP contribution in [0, 0.1) is 45.3 Å². The highest BCUT2D eigenvalue weighted by atomic mass is 32.1. The van der Waals surface area contributed by atoms with Crippen LogP contribution in [0.4, 0.5) is 0 Å². The average Bonchev–Trinajstić information content (AvgIpc) is 2.39. The number of hydrogen-bond acceptors (Lipinski definition) is 1. The van der Waals surface area contributed by atoms with Crippen molar-refractivity contribution in [1.82, 2.24) is 0 Å². The minimum Gasteiger partial charge on any atom is -0.179 e. The lowest BCUT2D eigenvalue weighted by Crippen LogP contribution is -2.89. The fourth-order valence-electron chi connectivity index (χ4n) is 8.61. The summed E-state index contributed by atoms with van der Waals surface area (Å²) in [4.78, 5) is 0. The molecule has 0 heterocycles. The summed E-state index contributed by atoms with van der Waals surface area (Å²) in [6.07, 6.45) is 7.41. The maximum Gasteiger partial charge on any atom is -0.00665 e. The van der Waals surface area contributed by atoms with Gasteiger partial charge < -0.3 is 0 Å². The zero-order chi connectivity index (χ0) is 14.6. The molecule has 20 heavy (non-hydrogen) atoms. The first-order valence-electron chi connectivity index (χ1n) is 8.94. The van der Waals surface area contributed by atoms with Crippen molar-refractivity contribution in [1.29, 1.82) is 0 Å². The summed E-state index contributed by atoms with van der Waals surface area (Å²) >= 11 is 4.56. The summed E-state index contributed by atoms with van der Waals surface area (Å²) in [5, 5.41) is 0. The molecule has 0 aromatic rings. The van der Waals surface area contributed by atoms with Crippen LogP contribution < -0.4 is 0 Å². The van der Waals surface area contributed by atoms with Crippen molar-refractivity contribution < 1.29 is 0 Å². The summed E-state index contributed by atoms with van der Waals surface area (Å²) in [5.41, 5.74) is 2.83. The number of fused-ring (bicyclic) bond motifs is 1. The van der Waals surface area contributed by atoms with Gasteiger partial charge in [-0.3, -0.25) is 0 Å². The van der Waals surface area contributed by atoms with Crippen LogP contribution in [0.1, 0.15) is 66.7 Å². The summed E-state index contributed by atoms with van der Waals surface area (Å²) in [7, 11) is 0. The van der Waals surface area contributed by atoms with E-state index in [9.17, 15) is 0 Å². The summed E-state index contributed by atoms with van der Waals surface area (Å²) in [6, 6.07) is 0. The Kier molecular flexibility index (Phi) is 2.54. The second-order valence-corrected chi connectivity index (χ2v) is 9.82. The largest absolute Gasteiger partial charge is 0.179 e. The second kappa shape index (κ2) is 3.63. The van der Waals surface area contributed by atoms with Gasteiger partial charge in [0.1, 0.15) is 0 Å². The summed E-state index contributed by atoms with van der Waals surface area (Å²) in [6.45, 7) is 12.7. The lowest BCUT2D eigenvalue weighted by atomic mass is 9.09. The first kappa shape index (κ1) is 14.0. The standard InChI is InChI=1S/C19H32S/c1-6-7-16(4)10-19-11-18(8-14(9-20)12(18)2)15(19)13(3)17(16,19)5/h12-15,20H,6-11H2,1-5H3. The Bertz CT molecular complexity index is 459. The molecule has 0 nitrogen and oxygen atoms in total. The molecule has 4 saturated carbocycles. The van der Waals surface area contributed by atoms with Gasteiger partial charge in [-0.05, 0) is 76.8 Å². The molecule has 4 aliphatic carbocycles. The Morgan fingerprint density at radius 2 is 1.80 bits per heavy atom. The van der Waals surface area contributed by atoms with Crippen molar-refractivity contribution in [2.45, 2.75) is 66.7 Å². The van der Waals surface area contributed by atoms with Crippen LogP contribution in [0.3, 0.4) is 0 Å². The number of thiol groups is 1. The molecule has 114 valence electrons. The van der Waals surface area contributed by atoms with E-state index in [1.165, 1.54) is 19.3 Å². The quantitative estimate of drug-likeness (QED) is 0.659. The van der Waals surface area contributed by atoms with E-state index in [0.717, 1.165) is 40.3 Å². The van der Waals surface area contributed by atoms with Gasteiger partial charge in [0.15, 0.2) is 0 Å². The highest BCUT2D eigenvalue weighted by molar-refractivity contribution is 7.80. The van der Waals surface area contributed by atoms with Crippen molar-refractivity contribution in [3.05, 3.63) is 0 Å². The normalized spacial score (nSPS) is 66.3. The lowest BCUT2D eigenvalue weighted by Gasteiger charge is -2.95. The minimum absolute atomic E-state index is 0.648. The maximum atomic E-state index is 4.56. The number of hydrogen-bond donors (Lipinski definition) is 1. The topological polar surface area (TPSA) is 0 Å². The Labute approximate surface area is 130 Å².